The standard InChI is InChI=1S/Er.2O3Si/c;2*1-4(2)3/q+3;2*-2. The zero-order valence-electron chi connectivity index (χ0n) is 3.74. The molecule has 0 aromatic heterocycles. The molecule has 0 spiro atoms. The van der Waals surface area contributed by atoms with Gasteiger partial charge in [0.25, 0.3) is 0 Å². The molecule has 0 aromatic carbocycles. The smallest absolute Gasteiger partial charge is 0.672 e. The zero-order valence-corrected chi connectivity index (χ0v) is 7.59. The fourth-order valence-corrected chi connectivity index (χ4v) is 0. The largest absolute Gasteiger partial charge is 3.00 e. The quantitative estimate of drug-likeness (QED) is 0.409. The fraction of sp³-hybridized carbons (Fsp3) is 0. The van der Waals surface area contributed by atoms with Crippen LogP contribution < -0.4 is 19.2 Å². The Bertz CT molecular complexity index is 69.1. The van der Waals surface area contributed by atoms with Gasteiger partial charge in [-0.2, -0.15) is 0 Å². The molecule has 0 unspecified atom stereocenters. The van der Waals surface area contributed by atoms with Crippen LogP contribution in [0.3, 0.4) is 0 Å². The maximum absolute atomic E-state index is 8.52. The number of hydrogen-bond acceptors (Lipinski definition) is 6. The third-order valence-electron chi connectivity index (χ3n) is 0. The summed E-state index contributed by atoms with van der Waals surface area (Å²) in [6.45, 7) is 0. The second-order valence-corrected chi connectivity index (χ2v) is 1.50. The van der Waals surface area contributed by atoms with E-state index < -0.39 is 18.3 Å². The molecule has 0 bridgehead atoms. The van der Waals surface area contributed by atoms with Gasteiger partial charge in [-0.05, 0) is 0 Å². The number of hydrogen-bond donors (Lipinski definition) is 0. The summed E-state index contributed by atoms with van der Waals surface area (Å²) in [7, 11) is -7.26. The first-order valence-electron chi connectivity index (χ1n) is 1.22. The van der Waals surface area contributed by atoms with E-state index in [0.717, 1.165) is 0 Å². The van der Waals surface area contributed by atoms with E-state index in [1.807, 2.05) is 0 Å². The average molecular weight is 319 g/mol. The first-order valence-corrected chi connectivity index (χ1v) is 3.67. The van der Waals surface area contributed by atoms with Crippen molar-refractivity contribution in [2.24, 2.45) is 0 Å². The van der Waals surface area contributed by atoms with Crippen molar-refractivity contribution >= 4 is 18.3 Å². The SMILES string of the molecule is O=[Si]([O-])[O-].O=[Si]([O-])[O-].[Er+3]. The molecule has 0 saturated carbocycles. The second kappa shape index (κ2) is 11.3. The Kier molecular flexibility index (Phi) is 20.4. The molecule has 0 aliphatic rings. The number of rotatable bonds is 0. The molecule has 0 heterocycles. The Labute approximate surface area is 83.2 Å². The molecule has 0 N–H and O–H groups in total. The van der Waals surface area contributed by atoms with Gasteiger partial charge in [-0.1, -0.05) is 0 Å². The van der Waals surface area contributed by atoms with Crippen LogP contribution in [0.15, 0.2) is 0 Å². The molecule has 6 nitrogen and oxygen atoms in total. The molecule has 0 aliphatic carbocycles. The Morgan fingerprint density at radius 1 is 0.778 bits per heavy atom. The summed E-state index contributed by atoms with van der Waals surface area (Å²) in [4.78, 5) is 34.1. The minimum Gasteiger partial charge on any atom is -0.672 e. The van der Waals surface area contributed by atoms with Crippen LogP contribution in [0.4, 0.5) is 0 Å². The van der Waals surface area contributed by atoms with Gasteiger partial charge < -0.3 is 28.1 Å². The van der Waals surface area contributed by atoms with Crippen molar-refractivity contribution < 1.29 is 65.4 Å². The zero-order chi connectivity index (χ0) is 7.15. The molecule has 1 radical (unpaired) electrons. The summed E-state index contributed by atoms with van der Waals surface area (Å²) in [5.74, 6) is 0. The summed E-state index contributed by atoms with van der Waals surface area (Å²) in [5.41, 5.74) is 0. The van der Waals surface area contributed by atoms with Crippen LogP contribution in [0.5, 0.6) is 0 Å². The van der Waals surface area contributed by atoms with Crippen LogP contribution >= 0.6 is 0 Å². The molecular weight excluding hydrogens is 319 g/mol. The molecular formula is ErO6Si2-. The van der Waals surface area contributed by atoms with E-state index in [-0.39, 0.29) is 37.3 Å². The minimum atomic E-state index is -3.63. The van der Waals surface area contributed by atoms with Gasteiger partial charge in [-0.3, -0.25) is 0 Å². The Balaban J connectivity index is -0.0000000720. The van der Waals surface area contributed by atoms with Gasteiger partial charge in [0.05, 0.1) is 0 Å². The molecule has 0 amide bonds. The van der Waals surface area contributed by atoms with E-state index in [1.165, 1.54) is 0 Å². The van der Waals surface area contributed by atoms with Crippen LogP contribution in [-0.2, 0) is 8.92 Å². The Hall–Kier alpha value is 0.481. The first-order chi connectivity index (χ1) is 3.46. The summed E-state index contributed by atoms with van der Waals surface area (Å²) in [6, 6.07) is 0. The third-order valence-corrected chi connectivity index (χ3v) is 0. The van der Waals surface area contributed by atoms with E-state index in [1.54, 1.807) is 0 Å². The van der Waals surface area contributed by atoms with Crippen LogP contribution in [0.25, 0.3) is 0 Å². The summed E-state index contributed by atoms with van der Waals surface area (Å²) in [5, 5.41) is 0. The maximum Gasteiger partial charge on any atom is 3.00 e. The van der Waals surface area contributed by atoms with E-state index in [0.29, 0.717) is 0 Å². The van der Waals surface area contributed by atoms with Crippen molar-refractivity contribution in [3.05, 3.63) is 0 Å². The van der Waals surface area contributed by atoms with Gasteiger partial charge in [-0.15, -0.1) is 0 Å². The molecule has 0 aliphatic heterocycles. The first kappa shape index (κ1) is 16.2. The molecule has 0 rings (SSSR count). The van der Waals surface area contributed by atoms with Gasteiger partial charge >= 0.3 is 37.3 Å². The normalized spacial score (nSPS) is 5.33. The summed E-state index contributed by atoms with van der Waals surface area (Å²) < 4.78 is 17.0. The Morgan fingerprint density at radius 3 is 0.778 bits per heavy atom. The minimum absolute atomic E-state index is 0. The maximum atomic E-state index is 8.52. The van der Waals surface area contributed by atoms with Gasteiger partial charge in [0.1, 0.15) is 0 Å². The average Bonchev–Trinajstić information content (AvgIpc) is 1.25. The molecule has 0 aromatic rings. The third kappa shape index (κ3) is 1540. The second-order valence-electron chi connectivity index (χ2n) is 0.500. The van der Waals surface area contributed by atoms with Crippen molar-refractivity contribution in [2.45, 2.75) is 0 Å². The van der Waals surface area contributed by atoms with E-state index >= 15 is 0 Å². The molecule has 0 saturated heterocycles. The van der Waals surface area contributed by atoms with Crippen LogP contribution in [0.2, 0.25) is 0 Å². The van der Waals surface area contributed by atoms with E-state index in [9.17, 15) is 0 Å². The van der Waals surface area contributed by atoms with Crippen molar-refractivity contribution in [3.63, 3.8) is 0 Å². The van der Waals surface area contributed by atoms with E-state index in [4.69, 9.17) is 28.1 Å². The van der Waals surface area contributed by atoms with Crippen LogP contribution in [0.1, 0.15) is 0 Å². The Morgan fingerprint density at radius 2 is 0.778 bits per heavy atom. The van der Waals surface area contributed by atoms with Gasteiger partial charge in [0.15, 0.2) is 0 Å². The van der Waals surface area contributed by atoms with Crippen molar-refractivity contribution in [2.75, 3.05) is 0 Å². The summed E-state index contributed by atoms with van der Waals surface area (Å²) in [6.07, 6.45) is 0. The predicted molar refractivity (Wildman–Crippen MR) is 12.9 cm³/mol. The monoisotopic (exact) mass is 318 g/mol. The fourth-order valence-electron chi connectivity index (χ4n) is 0. The van der Waals surface area contributed by atoms with Gasteiger partial charge in [-0.25, -0.2) is 0 Å². The molecule has 57 valence electrons. The van der Waals surface area contributed by atoms with Gasteiger partial charge in [0.2, 0.25) is 0 Å². The van der Waals surface area contributed by atoms with Gasteiger partial charge in [0, 0.05) is 18.3 Å². The molecule has 0 fully saturated rings. The van der Waals surface area contributed by atoms with Crippen molar-refractivity contribution in [1.29, 1.82) is 0 Å². The topological polar surface area (TPSA) is 126 Å². The molecule has 9 heteroatoms. The van der Waals surface area contributed by atoms with Crippen LogP contribution in [-0.4, -0.2) is 18.3 Å². The summed E-state index contributed by atoms with van der Waals surface area (Å²) >= 11 is 0. The van der Waals surface area contributed by atoms with Crippen LogP contribution in [0, 0.1) is 37.3 Å². The van der Waals surface area contributed by atoms with Crippen molar-refractivity contribution in [3.8, 4) is 0 Å². The molecule has 0 atom stereocenters. The van der Waals surface area contributed by atoms with Crippen molar-refractivity contribution in [1.82, 2.24) is 0 Å². The molecule has 9 heavy (non-hydrogen) atoms. The predicted octanol–water partition coefficient (Wildman–Crippen LogP) is -5.76. The van der Waals surface area contributed by atoms with E-state index in [2.05, 4.69) is 0 Å².